The van der Waals surface area contributed by atoms with E-state index in [1.165, 1.54) is 0 Å². The summed E-state index contributed by atoms with van der Waals surface area (Å²) in [7, 11) is 0. The fourth-order valence-electron chi connectivity index (χ4n) is 2.96. The lowest BCUT2D eigenvalue weighted by Crippen LogP contribution is -2.46. The molecule has 1 saturated heterocycles. The molecule has 1 N–H and O–H groups in total. The Balaban J connectivity index is 1.62. The normalized spacial score (nSPS) is 16.2. The van der Waals surface area contributed by atoms with Crippen molar-refractivity contribution in [3.63, 3.8) is 0 Å². The van der Waals surface area contributed by atoms with Crippen molar-refractivity contribution in [3.05, 3.63) is 30.7 Å². The van der Waals surface area contributed by atoms with Crippen LogP contribution in [0.3, 0.4) is 0 Å². The molecule has 3 rings (SSSR count). The van der Waals surface area contributed by atoms with Crippen molar-refractivity contribution < 1.29 is 9.53 Å². The Labute approximate surface area is 142 Å². The highest BCUT2D eigenvalue weighted by Crippen LogP contribution is 2.26. The topological polar surface area (TPSA) is 67.3 Å². The molecule has 6 heteroatoms. The van der Waals surface area contributed by atoms with Crippen LogP contribution < -0.4 is 10.2 Å². The first-order chi connectivity index (χ1) is 11.4. The van der Waals surface area contributed by atoms with E-state index in [1.54, 1.807) is 0 Å². The number of pyridine rings is 2. The fraction of sp³-hybridized carbons (Fsp3) is 0.500. The predicted molar refractivity (Wildman–Crippen MR) is 94.1 cm³/mol. The molecule has 24 heavy (non-hydrogen) atoms. The van der Waals surface area contributed by atoms with Crippen molar-refractivity contribution in [1.29, 1.82) is 0 Å². The van der Waals surface area contributed by atoms with Crippen LogP contribution in [0.25, 0.3) is 10.9 Å². The number of amides is 1. The number of piperidine rings is 1. The molecule has 0 unspecified atom stereocenters. The number of rotatable bonds is 2. The van der Waals surface area contributed by atoms with Gasteiger partial charge < -0.3 is 15.0 Å². The van der Waals surface area contributed by atoms with Gasteiger partial charge in [-0.25, -0.2) is 4.79 Å². The molecule has 6 nitrogen and oxygen atoms in total. The van der Waals surface area contributed by atoms with E-state index in [-0.39, 0.29) is 12.1 Å². The zero-order valence-electron chi connectivity index (χ0n) is 14.5. The summed E-state index contributed by atoms with van der Waals surface area (Å²) < 4.78 is 5.33. The minimum absolute atomic E-state index is 0.145. The molecule has 0 aromatic carbocycles. The van der Waals surface area contributed by atoms with Crippen molar-refractivity contribution >= 4 is 22.7 Å². The first kappa shape index (κ1) is 16.5. The second-order valence-corrected chi connectivity index (χ2v) is 7.14. The number of alkyl carbamates (subject to hydrolysis) is 1. The fourth-order valence-corrected chi connectivity index (χ4v) is 2.96. The minimum Gasteiger partial charge on any atom is -0.444 e. The maximum Gasteiger partial charge on any atom is 0.407 e. The number of aromatic nitrogens is 2. The molecule has 2 aromatic heterocycles. The van der Waals surface area contributed by atoms with Crippen LogP contribution in [-0.4, -0.2) is 40.8 Å². The molecule has 1 amide bonds. The Morgan fingerprint density at radius 2 is 2.04 bits per heavy atom. The summed E-state index contributed by atoms with van der Waals surface area (Å²) in [5, 5.41) is 4.01. The molecule has 0 aliphatic carbocycles. The van der Waals surface area contributed by atoms with E-state index in [2.05, 4.69) is 20.2 Å². The van der Waals surface area contributed by atoms with Crippen molar-refractivity contribution in [3.8, 4) is 0 Å². The van der Waals surface area contributed by atoms with Gasteiger partial charge in [0, 0.05) is 36.9 Å². The zero-order valence-corrected chi connectivity index (χ0v) is 14.5. The highest BCUT2D eigenvalue weighted by atomic mass is 16.6. The third-order valence-corrected chi connectivity index (χ3v) is 4.05. The molecule has 3 heterocycles. The van der Waals surface area contributed by atoms with E-state index >= 15 is 0 Å². The van der Waals surface area contributed by atoms with Crippen LogP contribution >= 0.6 is 0 Å². The van der Waals surface area contributed by atoms with E-state index in [0.29, 0.717) is 0 Å². The first-order valence-corrected chi connectivity index (χ1v) is 8.35. The number of anilines is 1. The number of nitrogens with zero attached hydrogens (tertiary/aromatic N) is 3. The third-order valence-electron chi connectivity index (χ3n) is 4.05. The second kappa shape index (κ2) is 6.63. The summed E-state index contributed by atoms with van der Waals surface area (Å²) in [6.07, 6.45) is 6.93. The molecule has 0 bridgehead atoms. The molecule has 1 aliphatic heterocycles. The van der Waals surface area contributed by atoms with Gasteiger partial charge in [-0.05, 0) is 45.7 Å². The number of nitrogens with one attached hydrogen (secondary N) is 1. The summed E-state index contributed by atoms with van der Waals surface area (Å²) in [5.41, 5.74) is 1.57. The predicted octanol–water partition coefficient (Wildman–Crippen LogP) is 3.12. The monoisotopic (exact) mass is 328 g/mol. The van der Waals surface area contributed by atoms with Gasteiger partial charge in [-0.1, -0.05) is 0 Å². The number of hydrogen-bond donors (Lipinski definition) is 1. The molecule has 1 fully saturated rings. The maximum absolute atomic E-state index is 11.9. The van der Waals surface area contributed by atoms with Gasteiger partial charge in [0.15, 0.2) is 0 Å². The van der Waals surface area contributed by atoms with Crippen LogP contribution in [0.4, 0.5) is 10.5 Å². The van der Waals surface area contributed by atoms with Crippen LogP contribution in [0.1, 0.15) is 33.6 Å². The first-order valence-electron chi connectivity index (χ1n) is 8.35. The van der Waals surface area contributed by atoms with Gasteiger partial charge in [0.25, 0.3) is 0 Å². The lowest BCUT2D eigenvalue weighted by atomic mass is 10.0. The van der Waals surface area contributed by atoms with Crippen LogP contribution in [0.15, 0.2) is 30.7 Å². The van der Waals surface area contributed by atoms with Gasteiger partial charge >= 0.3 is 6.09 Å². The van der Waals surface area contributed by atoms with Gasteiger partial charge in [0.1, 0.15) is 5.60 Å². The number of ether oxygens (including phenoxy) is 1. The van der Waals surface area contributed by atoms with E-state index in [0.717, 1.165) is 42.5 Å². The molecule has 2 aromatic rings. The van der Waals surface area contributed by atoms with Gasteiger partial charge in [-0.15, -0.1) is 0 Å². The average Bonchev–Trinajstić information content (AvgIpc) is 2.53. The molecule has 0 spiro atoms. The molecular weight excluding hydrogens is 304 g/mol. The van der Waals surface area contributed by atoms with Gasteiger partial charge in [-0.2, -0.15) is 0 Å². The summed E-state index contributed by atoms with van der Waals surface area (Å²) in [6, 6.07) is 4.09. The maximum atomic E-state index is 11.9. The third kappa shape index (κ3) is 3.93. The standard InChI is InChI=1S/C18H24N4O2/c1-18(2,3)24-17(23)21-14-6-9-22(10-7-14)15-12-19-11-13-5-4-8-20-16(13)15/h4-5,8,11-12,14H,6-7,9-10H2,1-3H3,(H,21,23). The summed E-state index contributed by atoms with van der Waals surface area (Å²) in [6.45, 7) is 7.33. The van der Waals surface area contributed by atoms with Crippen LogP contribution in [0, 0.1) is 0 Å². The lowest BCUT2D eigenvalue weighted by molar-refractivity contribution is 0.0497. The van der Waals surface area contributed by atoms with Crippen LogP contribution in [0.5, 0.6) is 0 Å². The Hall–Kier alpha value is -2.37. The smallest absolute Gasteiger partial charge is 0.407 e. The Bertz CT molecular complexity index is 713. The summed E-state index contributed by atoms with van der Waals surface area (Å²) in [5.74, 6) is 0. The quantitative estimate of drug-likeness (QED) is 0.917. The van der Waals surface area contributed by atoms with Crippen molar-refractivity contribution in [2.24, 2.45) is 0 Å². The van der Waals surface area contributed by atoms with E-state index in [9.17, 15) is 4.79 Å². The SMILES string of the molecule is CC(C)(C)OC(=O)NC1CCN(c2cncc3cccnc23)CC1. The lowest BCUT2D eigenvalue weighted by Gasteiger charge is -2.34. The number of carbonyl (C=O) groups excluding carboxylic acids is 1. The number of hydrogen-bond acceptors (Lipinski definition) is 5. The van der Waals surface area contributed by atoms with E-state index < -0.39 is 5.60 Å². The van der Waals surface area contributed by atoms with Gasteiger partial charge in [0.2, 0.25) is 0 Å². The largest absolute Gasteiger partial charge is 0.444 e. The van der Waals surface area contributed by atoms with Gasteiger partial charge in [0.05, 0.1) is 17.4 Å². The number of carbonyl (C=O) groups is 1. The Kier molecular flexibility index (Phi) is 4.55. The summed E-state index contributed by atoms with van der Waals surface area (Å²) >= 11 is 0. The molecule has 0 saturated carbocycles. The highest BCUT2D eigenvalue weighted by Gasteiger charge is 2.24. The summed E-state index contributed by atoms with van der Waals surface area (Å²) in [4.78, 5) is 23.0. The molecule has 0 radical (unpaired) electrons. The second-order valence-electron chi connectivity index (χ2n) is 7.14. The molecular formula is C18H24N4O2. The van der Waals surface area contributed by atoms with Crippen molar-refractivity contribution in [2.75, 3.05) is 18.0 Å². The average molecular weight is 328 g/mol. The van der Waals surface area contributed by atoms with Gasteiger partial charge in [-0.3, -0.25) is 9.97 Å². The molecule has 1 aliphatic rings. The van der Waals surface area contributed by atoms with Crippen molar-refractivity contribution in [1.82, 2.24) is 15.3 Å². The zero-order chi connectivity index (χ0) is 17.2. The number of fused-ring (bicyclic) bond motifs is 1. The highest BCUT2D eigenvalue weighted by molar-refractivity contribution is 5.89. The molecule has 0 atom stereocenters. The van der Waals surface area contributed by atoms with E-state index in [1.807, 2.05) is 51.5 Å². The van der Waals surface area contributed by atoms with Crippen LogP contribution in [0.2, 0.25) is 0 Å². The minimum atomic E-state index is -0.467. The Morgan fingerprint density at radius 3 is 2.75 bits per heavy atom. The van der Waals surface area contributed by atoms with Crippen LogP contribution in [-0.2, 0) is 4.74 Å². The van der Waals surface area contributed by atoms with E-state index in [4.69, 9.17) is 4.74 Å². The van der Waals surface area contributed by atoms with Crippen molar-refractivity contribution in [2.45, 2.75) is 45.3 Å². The molecule has 128 valence electrons. The Morgan fingerprint density at radius 1 is 1.29 bits per heavy atom.